The lowest BCUT2D eigenvalue weighted by molar-refractivity contribution is -0.0344. The second-order valence-electron chi connectivity index (χ2n) is 6.86. The fourth-order valence-corrected chi connectivity index (χ4v) is 3.95. The van der Waals surface area contributed by atoms with Crippen LogP contribution in [0.5, 0.6) is 11.5 Å². The van der Waals surface area contributed by atoms with Crippen molar-refractivity contribution in [3.05, 3.63) is 88.3 Å². The highest BCUT2D eigenvalue weighted by molar-refractivity contribution is 6.30. The van der Waals surface area contributed by atoms with Crippen LogP contribution in [0.15, 0.2) is 65.1 Å². The summed E-state index contributed by atoms with van der Waals surface area (Å²) in [5.41, 5.74) is 6.35. The predicted molar refractivity (Wildman–Crippen MR) is 107 cm³/mol. The molecular formula is C22H19ClN2O3. The molecule has 5 rings (SSSR count). The molecule has 0 aliphatic carbocycles. The molecule has 2 aromatic carbocycles. The third kappa shape index (κ3) is 2.75. The highest BCUT2D eigenvalue weighted by Gasteiger charge is 2.41. The van der Waals surface area contributed by atoms with Gasteiger partial charge in [-0.2, -0.15) is 5.01 Å². The van der Waals surface area contributed by atoms with Crippen molar-refractivity contribution in [1.82, 2.24) is 10.4 Å². The maximum atomic E-state index is 6.41. The Morgan fingerprint density at radius 3 is 2.71 bits per heavy atom. The number of hydrogen-bond donors (Lipinski definition) is 1. The average molecular weight is 395 g/mol. The first kappa shape index (κ1) is 17.2. The molecule has 0 amide bonds. The van der Waals surface area contributed by atoms with Crippen molar-refractivity contribution in [2.24, 2.45) is 0 Å². The van der Waals surface area contributed by atoms with Crippen LogP contribution in [-0.4, -0.2) is 12.1 Å². The number of hydrogen-bond acceptors (Lipinski definition) is 5. The van der Waals surface area contributed by atoms with Crippen molar-refractivity contribution in [2.45, 2.75) is 19.2 Å². The van der Waals surface area contributed by atoms with Gasteiger partial charge in [-0.15, -0.1) is 0 Å². The maximum Gasteiger partial charge on any atom is 0.196 e. The molecule has 0 saturated carbocycles. The maximum absolute atomic E-state index is 6.41. The lowest BCUT2D eigenvalue weighted by Gasteiger charge is -2.39. The van der Waals surface area contributed by atoms with Crippen LogP contribution in [0, 0.1) is 6.92 Å². The number of fused-ring (bicyclic) bond motifs is 3. The average Bonchev–Trinajstić information content (AvgIpc) is 3.33. The van der Waals surface area contributed by atoms with E-state index in [0.717, 1.165) is 34.1 Å². The highest BCUT2D eigenvalue weighted by Crippen LogP contribution is 2.49. The predicted octanol–water partition coefficient (Wildman–Crippen LogP) is 5.24. The molecule has 2 aliphatic rings. The molecular weight excluding hydrogens is 376 g/mol. The smallest absolute Gasteiger partial charge is 0.196 e. The Morgan fingerprint density at radius 2 is 1.96 bits per heavy atom. The fourth-order valence-electron chi connectivity index (χ4n) is 3.75. The van der Waals surface area contributed by atoms with Gasteiger partial charge in [-0.25, -0.2) is 0 Å². The van der Waals surface area contributed by atoms with Crippen LogP contribution in [-0.2, 0) is 0 Å². The van der Waals surface area contributed by atoms with Gasteiger partial charge in [0.1, 0.15) is 5.76 Å². The van der Waals surface area contributed by atoms with Gasteiger partial charge in [-0.05, 0) is 43.3 Å². The minimum absolute atomic E-state index is 0.0387. The molecule has 5 nitrogen and oxygen atoms in total. The normalized spacial score (nSPS) is 20.6. The summed E-state index contributed by atoms with van der Waals surface area (Å²) in [5.74, 6) is 3.11. The number of para-hydroxylation sites is 1. The largest absolute Gasteiger partial charge is 0.493 e. The molecule has 1 N–H and O–H groups in total. The molecule has 2 aliphatic heterocycles. The summed E-state index contributed by atoms with van der Waals surface area (Å²) in [4.78, 5) is 0. The minimum Gasteiger partial charge on any atom is -0.493 e. The van der Waals surface area contributed by atoms with E-state index in [9.17, 15) is 0 Å². The van der Waals surface area contributed by atoms with Gasteiger partial charge in [-0.3, -0.25) is 0 Å². The number of rotatable bonds is 3. The first-order chi connectivity index (χ1) is 13.6. The van der Waals surface area contributed by atoms with E-state index in [1.54, 1.807) is 7.11 Å². The first-order valence-electron chi connectivity index (χ1n) is 9.06. The summed E-state index contributed by atoms with van der Waals surface area (Å²) in [6, 6.07) is 17.5. The summed E-state index contributed by atoms with van der Waals surface area (Å²) < 4.78 is 17.8. The van der Waals surface area contributed by atoms with Crippen molar-refractivity contribution in [3.8, 4) is 11.5 Å². The van der Waals surface area contributed by atoms with E-state index in [4.69, 9.17) is 25.5 Å². The van der Waals surface area contributed by atoms with E-state index in [-0.39, 0.29) is 12.3 Å². The lowest BCUT2D eigenvalue weighted by Crippen LogP contribution is -2.43. The number of hydrazine groups is 1. The summed E-state index contributed by atoms with van der Waals surface area (Å²) in [7, 11) is 1.65. The molecule has 0 bridgehead atoms. The second kappa shape index (κ2) is 6.62. The van der Waals surface area contributed by atoms with Gasteiger partial charge in [0.05, 0.1) is 18.8 Å². The van der Waals surface area contributed by atoms with E-state index in [1.807, 2.05) is 55.5 Å². The van der Waals surface area contributed by atoms with Gasteiger partial charge >= 0.3 is 0 Å². The number of benzene rings is 2. The number of nitrogens with one attached hydrogen (secondary N) is 1. The molecule has 1 aromatic heterocycles. The monoisotopic (exact) mass is 394 g/mol. The number of aryl methyl sites for hydroxylation is 1. The zero-order chi connectivity index (χ0) is 19.3. The van der Waals surface area contributed by atoms with E-state index >= 15 is 0 Å². The van der Waals surface area contributed by atoms with E-state index < -0.39 is 0 Å². The first-order valence-corrected chi connectivity index (χ1v) is 9.44. The SMILES string of the molecule is COc1cccc2c1OC(c1cccc(Cl)c1)N1NC(c3ccc(C)o3)=CC21. The molecule has 28 heavy (non-hydrogen) atoms. The van der Waals surface area contributed by atoms with Gasteiger partial charge in [0.15, 0.2) is 23.5 Å². The molecule has 0 radical (unpaired) electrons. The Kier molecular flexibility index (Phi) is 4.07. The Hall–Kier alpha value is -2.89. The van der Waals surface area contributed by atoms with Crippen LogP contribution in [0.25, 0.3) is 5.70 Å². The molecule has 2 atom stereocenters. The molecule has 0 saturated heterocycles. The quantitative estimate of drug-likeness (QED) is 0.658. The van der Waals surface area contributed by atoms with Crippen molar-refractivity contribution >= 4 is 17.3 Å². The van der Waals surface area contributed by atoms with Gasteiger partial charge in [0.25, 0.3) is 0 Å². The number of halogens is 1. The van der Waals surface area contributed by atoms with Crippen LogP contribution < -0.4 is 14.9 Å². The molecule has 0 spiro atoms. The number of ether oxygens (including phenoxy) is 2. The Morgan fingerprint density at radius 1 is 1.11 bits per heavy atom. The Balaban J connectivity index is 1.63. The van der Waals surface area contributed by atoms with Crippen LogP contribution in [0.3, 0.4) is 0 Å². The fraction of sp³-hybridized carbons (Fsp3) is 0.182. The van der Waals surface area contributed by atoms with E-state index in [0.29, 0.717) is 10.8 Å². The third-order valence-electron chi connectivity index (χ3n) is 5.04. The summed E-state index contributed by atoms with van der Waals surface area (Å²) in [6.07, 6.45) is 1.77. The molecule has 142 valence electrons. The number of nitrogens with zero attached hydrogens (tertiary/aromatic N) is 1. The topological polar surface area (TPSA) is 46.9 Å². The minimum atomic E-state index is -0.377. The zero-order valence-electron chi connectivity index (χ0n) is 15.5. The zero-order valence-corrected chi connectivity index (χ0v) is 16.2. The van der Waals surface area contributed by atoms with E-state index in [2.05, 4.69) is 22.6 Å². The lowest BCUT2D eigenvalue weighted by atomic mass is 10.0. The van der Waals surface area contributed by atoms with Crippen molar-refractivity contribution in [1.29, 1.82) is 0 Å². The van der Waals surface area contributed by atoms with Gasteiger partial charge < -0.3 is 19.3 Å². The van der Waals surface area contributed by atoms with Crippen LogP contribution in [0.1, 0.15) is 34.9 Å². The Labute approximate surface area is 168 Å². The van der Waals surface area contributed by atoms with Crippen LogP contribution in [0.4, 0.5) is 0 Å². The molecule has 3 aromatic rings. The van der Waals surface area contributed by atoms with Crippen molar-refractivity contribution < 1.29 is 13.9 Å². The summed E-state index contributed by atoms with van der Waals surface area (Å²) in [6.45, 7) is 1.93. The molecule has 6 heteroatoms. The van der Waals surface area contributed by atoms with Crippen LogP contribution in [0.2, 0.25) is 5.02 Å². The third-order valence-corrected chi connectivity index (χ3v) is 5.28. The Bertz CT molecular complexity index is 1080. The van der Waals surface area contributed by atoms with Crippen molar-refractivity contribution in [3.63, 3.8) is 0 Å². The highest BCUT2D eigenvalue weighted by atomic mass is 35.5. The molecule has 3 heterocycles. The summed E-state index contributed by atoms with van der Waals surface area (Å²) >= 11 is 6.25. The number of methoxy groups -OCH3 is 1. The molecule has 2 unspecified atom stereocenters. The number of furan rings is 1. The van der Waals surface area contributed by atoms with Crippen molar-refractivity contribution in [2.75, 3.05) is 7.11 Å². The summed E-state index contributed by atoms with van der Waals surface area (Å²) in [5, 5.41) is 2.73. The standard InChI is InChI=1S/C22H19ClN2O3/c1-13-9-10-19(27-13)17-12-18-16-7-4-8-20(26-2)21(16)28-22(25(18)24-17)14-5-3-6-15(23)11-14/h3-12,18,22,24H,1-2H3. The van der Waals surface area contributed by atoms with Gasteiger partial charge in [-0.1, -0.05) is 35.9 Å². The van der Waals surface area contributed by atoms with Gasteiger partial charge in [0, 0.05) is 16.1 Å². The molecule has 0 fully saturated rings. The second-order valence-corrected chi connectivity index (χ2v) is 7.29. The van der Waals surface area contributed by atoms with Crippen LogP contribution >= 0.6 is 11.6 Å². The van der Waals surface area contributed by atoms with E-state index in [1.165, 1.54) is 0 Å². The van der Waals surface area contributed by atoms with Gasteiger partial charge in [0.2, 0.25) is 0 Å².